The summed E-state index contributed by atoms with van der Waals surface area (Å²) in [6.45, 7) is 3.82. The Labute approximate surface area is 165 Å². The molecule has 0 spiro atoms. The first-order valence-electron chi connectivity index (χ1n) is 9.28. The van der Waals surface area contributed by atoms with Crippen molar-refractivity contribution in [3.8, 4) is 0 Å². The van der Waals surface area contributed by atoms with Crippen LogP contribution >= 0.6 is 0 Å². The zero-order valence-corrected chi connectivity index (χ0v) is 17.5. The lowest BCUT2D eigenvalue weighted by Gasteiger charge is -2.35. The van der Waals surface area contributed by atoms with Crippen LogP contribution in [0.15, 0.2) is 23.3 Å². The lowest BCUT2D eigenvalue weighted by molar-refractivity contribution is -0.141. The maximum atomic E-state index is 13.2. The minimum atomic E-state index is -3.14. The molecule has 8 nitrogen and oxygen atoms in total. The molecule has 1 saturated heterocycles. The van der Waals surface area contributed by atoms with Crippen molar-refractivity contribution in [2.24, 2.45) is 5.10 Å². The number of hydrogen-bond acceptors (Lipinski definition) is 6. The van der Waals surface area contributed by atoms with Crippen LogP contribution in [0.25, 0.3) is 0 Å². The minimum Gasteiger partial charge on any atom is -0.273 e. The van der Waals surface area contributed by atoms with Gasteiger partial charge in [0.1, 0.15) is 5.71 Å². The second-order valence-corrected chi connectivity index (χ2v) is 9.82. The van der Waals surface area contributed by atoms with Gasteiger partial charge in [0.15, 0.2) is 9.84 Å². The fraction of sp³-hybridized carbons (Fsp3) is 0.526. The van der Waals surface area contributed by atoms with Gasteiger partial charge in [0.25, 0.3) is 5.91 Å². The molecule has 1 aromatic rings. The first-order chi connectivity index (χ1) is 13.1. The number of aryl methyl sites for hydroxylation is 2. The number of carbonyl (C=O) groups excluding carboxylic acids is 2. The average molecular weight is 407 g/mol. The number of amides is 2. The van der Waals surface area contributed by atoms with Crippen LogP contribution < -0.4 is 5.01 Å². The van der Waals surface area contributed by atoms with E-state index in [1.54, 1.807) is 19.1 Å². The second kappa shape index (κ2) is 7.63. The lowest BCUT2D eigenvalue weighted by Crippen LogP contribution is -2.53. The van der Waals surface area contributed by atoms with Crippen molar-refractivity contribution in [3.05, 3.63) is 29.3 Å². The largest absolute Gasteiger partial charge is 0.284 e. The molecular formula is C19H26N4O4S. The van der Waals surface area contributed by atoms with Crippen molar-refractivity contribution in [2.45, 2.75) is 39.2 Å². The SMILES string of the molecule is Cc1ccc(C)c(N2N=C(C(=O)N([C@@H]3CCS(=O)(=O)C3)N(C)C)CCC2=O)c1. The Morgan fingerprint density at radius 1 is 1.21 bits per heavy atom. The van der Waals surface area contributed by atoms with Gasteiger partial charge in [-0.25, -0.2) is 18.4 Å². The summed E-state index contributed by atoms with van der Waals surface area (Å²) in [4.78, 5) is 25.7. The Kier molecular flexibility index (Phi) is 5.58. The number of hydrogen-bond donors (Lipinski definition) is 0. The van der Waals surface area contributed by atoms with E-state index in [4.69, 9.17) is 0 Å². The summed E-state index contributed by atoms with van der Waals surface area (Å²) in [5, 5.41) is 8.75. The van der Waals surface area contributed by atoms with Crippen molar-refractivity contribution in [2.75, 3.05) is 30.6 Å². The highest BCUT2D eigenvalue weighted by Crippen LogP contribution is 2.26. The van der Waals surface area contributed by atoms with Crippen LogP contribution in [0.4, 0.5) is 5.69 Å². The van der Waals surface area contributed by atoms with E-state index >= 15 is 0 Å². The van der Waals surface area contributed by atoms with Gasteiger partial charge in [-0.3, -0.25) is 14.6 Å². The lowest BCUT2D eigenvalue weighted by atomic mass is 10.1. The van der Waals surface area contributed by atoms with Crippen molar-refractivity contribution >= 4 is 33.1 Å². The Morgan fingerprint density at radius 3 is 2.54 bits per heavy atom. The van der Waals surface area contributed by atoms with E-state index in [0.29, 0.717) is 12.1 Å². The summed E-state index contributed by atoms with van der Waals surface area (Å²) in [7, 11) is 0.280. The molecule has 152 valence electrons. The third-order valence-electron chi connectivity index (χ3n) is 5.07. The quantitative estimate of drug-likeness (QED) is 0.703. The van der Waals surface area contributed by atoms with Gasteiger partial charge in [0.2, 0.25) is 5.91 Å². The fourth-order valence-electron chi connectivity index (χ4n) is 3.62. The number of hydrazine groups is 1. The average Bonchev–Trinajstić information content (AvgIpc) is 2.96. The van der Waals surface area contributed by atoms with Gasteiger partial charge in [-0.2, -0.15) is 5.10 Å². The summed E-state index contributed by atoms with van der Waals surface area (Å²) in [6, 6.07) is 5.33. The number of anilines is 1. The number of carbonyl (C=O) groups is 2. The molecule has 1 atom stereocenters. The van der Waals surface area contributed by atoms with Crippen LogP contribution in [0.2, 0.25) is 0 Å². The molecule has 2 heterocycles. The Hall–Kier alpha value is -2.26. The molecule has 0 unspecified atom stereocenters. The molecule has 0 bridgehead atoms. The van der Waals surface area contributed by atoms with E-state index in [9.17, 15) is 18.0 Å². The molecule has 0 aliphatic carbocycles. The Morgan fingerprint density at radius 2 is 1.93 bits per heavy atom. The highest BCUT2D eigenvalue weighted by atomic mass is 32.2. The molecule has 2 aliphatic heterocycles. The van der Waals surface area contributed by atoms with Gasteiger partial charge >= 0.3 is 0 Å². The van der Waals surface area contributed by atoms with E-state index in [1.807, 2.05) is 32.0 Å². The van der Waals surface area contributed by atoms with Crippen molar-refractivity contribution < 1.29 is 18.0 Å². The van der Waals surface area contributed by atoms with E-state index in [0.717, 1.165) is 11.1 Å². The molecule has 2 amide bonds. The van der Waals surface area contributed by atoms with Gasteiger partial charge in [-0.05, 0) is 37.5 Å². The third-order valence-corrected chi connectivity index (χ3v) is 6.82. The van der Waals surface area contributed by atoms with Crippen LogP contribution in [0, 0.1) is 13.8 Å². The Balaban J connectivity index is 1.93. The fourth-order valence-corrected chi connectivity index (χ4v) is 5.31. The summed E-state index contributed by atoms with van der Waals surface area (Å²) in [5.41, 5.74) is 2.81. The maximum absolute atomic E-state index is 13.2. The number of sulfone groups is 1. The van der Waals surface area contributed by atoms with Gasteiger partial charge < -0.3 is 0 Å². The molecule has 28 heavy (non-hydrogen) atoms. The third kappa shape index (κ3) is 4.10. The number of nitrogens with zero attached hydrogens (tertiary/aromatic N) is 4. The summed E-state index contributed by atoms with van der Waals surface area (Å²) in [5.74, 6) is -0.487. The molecule has 0 aromatic heterocycles. The summed E-state index contributed by atoms with van der Waals surface area (Å²) < 4.78 is 23.8. The topological polar surface area (TPSA) is 90.4 Å². The van der Waals surface area contributed by atoms with E-state index in [2.05, 4.69) is 5.10 Å². The predicted octanol–water partition coefficient (Wildman–Crippen LogP) is 1.28. The molecule has 2 aliphatic rings. The zero-order chi connectivity index (χ0) is 20.6. The van der Waals surface area contributed by atoms with Gasteiger partial charge in [0, 0.05) is 26.9 Å². The van der Waals surface area contributed by atoms with E-state index in [1.165, 1.54) is 10.0 Å². The van der Waals surface area contributed by atoms with Gasteiger partial charge in [-0.1, -0.05) is 12.1 Å². The smallest absolute Gasteiger partial charge is 0.273 e. The monoisotopic (exact) mass is 406 g/mol. The normalized spacial score (nSPS) is 21.8. The van der Waals surface area contributed by atoms with Crippen LogP contribution in [0.1, 0.15) is 30.4 Å². The van der Waals surface area contributed by atoms with Crippen LogP contribution in [-0.2, 0) is 19.4 Å². The second-order valence-electron chi connectivity index (χ2n) is 7.60. The van der Waals surface area contributed by atoms with Crippen LogP contribution in [-0.4, -0.2) is 67.6 Å². The maximum Gasteiger partial charge on any atom is 0.284 e. The minimum absolute atomic E-state index is 0.0518. The number of rotatable bonds is 4. The number of benzene rings is 1. The molecule has 1 aromatic carbocycles. The first kappa shape index (κ1) is 20.5. The van der Waals surface area contributed by atoms with Gasteiger partial charge in [0.05, 0.1) is 23.2 Å². The highest BCUT2D eigenvalue weighted by Gasteiger charge is 2.38. The molecule has 0 saturated carbocycles. The highest BCUT2D eigenvalue weighted by molar-refractivity contribution is 7.91. The van der Waals surface area contributed by atoms with Crippen molar-refractivity contribution in [1.29, 1.82) is 0 Å². The Bertz CT molecular complexity index is 939. The van der Waals surface area contributed by atoms with Gasteiger partial charge in [-0.15, -0.1) is 0 Å². The van der Waals surface area contributed by atoms with Crippen molar-refractivity contribution in [1.82, 2.24) is 10.0 Å². The molecule has 9 heteroatoms. The molecule has 0 radical (unpaired) electrons. The molecule has 1 fully saturated rings. The van der Waals surface area contributed by atoms with Crippen LogP contribution in [0.5, 0.6) is 0 Å². The molecular weight excluding hydrogens is 380 g/mol. The molecule has 0 N–H and O–H groups in total. The summed E-state index contributed by atoms with van der Waals surface area (Å²) >= 11 is 0. The standard InChI is InChI=1S/C19H26N4O4S/c1-13-5-6-14(2)17(11-13)22-18(24)8-7-16(20-22)19(25)23(21(3)4)15-9-10-28(26,27)12-15/h5-6,11,15H,7-10,12H2,1-4H3/t15-/m1/s1. The zero-order valence-electron chi connectivity index (χ0n) is 16.7. The van der Waals surface area contributed by atoms with E-state index in [-0.39, 0.29) is 41.9 Å². The predicted molar refractivity (Wildman–Crippen MR) is 108 cm³/mol. The van der Waals surface area contributed by atoms with E-state index < -0.39 is 15.9 Å². The molecule has 3 rings (SSSR count). The number of hydrazone groups is 1. The van der Waals surface area contributed by atoms with Crippen LogP contribution in [0.3, 0.4) is 0 Å². The summed E-state index contributed by atoms with van der Waals surface area (Å²) in [6.07, 6.45) is 0.824. The first-order valence-corrected chi connectivity index (χ1v) is 11.1. The van der Waals surface area contributed by atoms with Crippen molar-refractivity contribution in [3.63, 3.8) is 0 Å².